The van der Waals surface area contributed by atoms with E-state index in [1.807, 2.05) is 30.3 Å². The Hall–Kier alpha value is -1.78. The van der Waals surface area contributed by atoms with Crippen molar-refractivity contribution in [2.24, 2.45) is 5.92 Å². The zero-order valence-corrected chi connectivity index (χ0v) is 14.8. The number of benzene rings is 2. The highest BCUT2D eigenvalue weighted by molar-refractivity contribution is 7.98. The van der Waals surface area contributed by atoms with Crippen LogP contribution < -0.4 is 5.32 Å². The molecule has 1 amide bonds. The van der Waals surface area contributed by atoms with Gasteiger partial charge in [0.1, 0.15) is 0 Å². The second-order valence-corrected chi connectivity index (χ2v) is 6.90. The molecule has 0 unspecified atom stereocenters. The minimum absolute atomic E-state index is 0.00241. The molecule has 1 atom stereocenters. The molecular weight excluding hydrogens is 318 g/mol. The van der Waals surface area contributed by atoms with Crippen LogP contribution in [0.25, 0.3) is 11.1 Å². The van der Waals surface area contributed by atoms with Crippen LogP contribution in [0.5, 0.6) is 0 Å². The normalized spacial score (nSPS) is 17.0. The highest BCUT2D eigenvalue weighted by Gasteiger charge is 2.15. The molecule has 1 fully saturated rings. The number of rotatable bonds is 6. The summed E-state index contributed by atoms with van der Waals surface area (Å²) in [6.07, 6.45) is 4.17. The maximum absolute atomic E-state index is 12.4. The number of carbonyl (C=O) groups excluding carboxylic acids is 1. The monoisotopic (exact) mass is 341 g/mol. The van der Waals surface area contributed by atoms with Crippen molar-refractivity contribution in [3.05, 3.63) is 54.1 Å². The molecular formula is C20H23NO2S. The number of hydrogen-bond acceptors (Lipinski definition) is 3. The Morgan fingerprint density at radius 1 is 1.25 bits per heavy atom. The van der Waals surface area contributed by atoms with Crippen LogP contribution in [0.4, 0.5) is 0 Å². The summed E-state index contributed by atoms with van der Waals surface area (Å²) < 4.78 is 5.37. The number of thioether (sulfide) groups is 1. The summed E-state index contributed by atoms with van der Waals surface area (Å²) in [4.78, 5) is 13.6. The summed E-state index contributed by atoms with van der Waals surface area (Å²) in [5.41, 5.74) is 2.96. The first-order valence-electron chi connectivity index (χ1n) is 8.37. The largest absolute Gasteiger partial charge is 0.381 e. The molecule has 0 radical (unpaired) electrons. The number of hydrogen-bond donors (Lipinski definition) is 1. The molecule has 0 aliphatic carbocycles. The molecule has 126 valence electrons. The second-order valence-electron chi connectivity index (χ2n) is 6.06. The van der Waals surface area contributed by atoms with Crippen molar-refractivity contribution in [1.29, 1.82) is 0 Å². The van der Waals surface area contributed by atoms with Crippen molar-refractivity contribution in [3.63, 3.8) is 0 Å². The van der Waals surface area contributed by atoms with Gasteiger partial charge in [-0.1, -0.05) is 30.3 Å². The zero-order chi connectivity index (χ0) is 16.8. The smallest absolute Gasteiger partial charge is 0.251 e. The van der Waals surface area contributed by atoms with Crippen LogP contribution in [0.3, 0.4) is 0 Å². The fourth-order valence-corrected chi connectivity index (χ4v) is 3.63. The van der Waals surface area contributed by atoms with Gasteiger partial charge in [0, 0.05) is 30.2 Å². The lowest BCUT2D eigenvalue weighted by Crippen LogP contribution is -2.26. The molecule has 1 N–H and O–H groups in total. The standard InChI is InChI=1S/C20H23NO2S/c1-24-19-8-3-2-7-18(19)16-5-4-6-17(13-16)20(22)21-11-9-15-10-12-23-14-15/h2-8,13,15H,9-12,14H2,1H3,(H,21,22)/t15-/m0/s1. The third kappa shape index (κ3) is 4.19. The fraction of sp³-hybridized carbons (Fsp3) is 0.350. The van der Waals surface area contributed by atoms with Gasteiger partial charge >= 0.3 is 0 Å². The number of carbonyl (C=O) groups is 1. The van der Waals surface area contributed by atoms with E-state index in [1.165, 1.54) is 10.5 Å². The third-order valence-electron chi connectivity index (χ3n) is 4.40. The molecule has 24 heavy (non-hydrogen) atoms. The van der Waals surface area contributed by atoms with Gasteiger partial charge in [0.2, 0.25) is 0 Å². The topological polar surface area (TPSA) is 38.3 Å². The molecule has 2 aromatic carbocycles. The van der Waals surface area contributed by atoms with Crippen molar-refractivity contribution < 1.29 is 9.53 Å². The second kappa shape index (κ2) is 8.36. The molecule has 0 spiro atoms. The van der Waals surface area contributed by atoms with Crippen LogP contribution in [-0.4, -0.2) is 31.9 Å². The van der Waals surface area contributed by atoms with E-state index in [0.717, 1.165) is 31.6 Å². The number of amides is 1. The van der Waals surface area contributed by atoms with Crippen molar-refractivity contribution in [2.45, 2.75) is 17.7 Å². The van der Waals surface area contributed by atoms with Gasteiger partial charge in [0.15, 0.2) is 0 Å². The van der Waals surface area contributed by atoms with Crippen LogP contribution in [-0.2, 0) is 4.74 Å². The molecule has 0 saturated carbocycles. The predicted octanol–water partition coefficient (Wildman–Crippen LogP) is 4.23. The van der Waals surface area contributed by atoms with Crippen molar-refractivity contribution in [3.8, 4) is 11.1 Å². The maximum Gasteiger partial charge on any atom is 0.251 e. The SMILES string of the molecule is CSc1ccccc1-c1cccc(C(=O)NCC[C@H]2CCOC2)c1. The van der Waals surface area contributed by atoms with Gasteiger partial charge in [-0.15, -0.1) is 11.8 Å². The minimum atomic E-state index is -0.00241. The van der Waals surface area contributed by atoms with E-state index >= 15 is 0 Å². The number of ether oxygens (including phenoxy) is 1. The van der Waals surface area contributed by atoms with Crippen molar-refractivity contribution in [2.75, 3.05) is 26.0 Å². The van der Waals surface area contributed by atoms with E-state index in [1.54, 1.807) is 11.8 Å². The summed E-state index contributed by atoms with van der Waals surface area (Å²) in [7, 11) is 0. The molecule has 0 aromatic heterocycles. The van der Waals surface area contributed by atoms with Crippen LogP contribution in [0.1, 0.15) is 23.2 Å². The first kappa shape index (κ1) is 17.1. The average Bonchev–Trinajstić information content (AvgIpc) is 3.15. The summed E-state index contributed by atoms with van der Waals surface area (Å²) in [5.74, 6) is 0.586. The van der Waals surface area contributed by atoms with Gasteiger partial charge in [0.05, 0.1) is 0 Å². The van der Waals surface area contributed by atoms with E-state index in [-0.39, 0.29) is 5.91 Å². The van der Waals surface area contributed by atoms with Gasteiger partial charge in [-0.25, -0.2) is 0 Å². The molecule has 1 saturated heterocycles. The van der Waals surface area contributed by atoms with E-state index in [0.29, 0.717) is 18.0 Å². The van der Waals surface area contributed by atoms with Gasteiger partial charge in [-0.05, 0) is 54.3 Å². The van der Waals surface area contributed by atoms with Gasteiger partial charge in [-0.2, -0.15) is 0 Å². The average molecular weight is 341 g/mol. The Bertz CT molecular complexity index is 696. The lowest BCUT2D eigenvalue weighted by Gasteiger charge is -2.11. The number of nitrogens with one attached hydrogen (secondary N) is 1. The van der Waals surface area contributed by atoms with Crippen LogP contribution >= 0.6 is 11.8 Å². The van der Waals surface area contributed by atoms with Gasteiger partial charge < -0.3 is 10.1 Å². The van der Waals surface area contributed by atoms with Gasteiger partial charge in [0.25, 0.3) is 5.91 Å². The predicted molar refractivity (Wildman–Crippen MR) is 99.5 cm³/mol. The van der Waals surface area contributed by atoms with Crippen LogP contribution in [0, 0.1) is 5.92 Å². The highest BCUT2D eigenvalue weighted by atomic mass is 32.2. The molecule has 0 bridgehead atoms. The highest BCUT2D eigenvalue weighted by Crippen LogP contribution is 2.30. The molecule has 4 heteroatoms. The Morgan fingerprint density at radius 3 is 2.92 bits per heavy atom. The first-order valence-corrected chi connectivity index (χ1v) is 9.60. The molecule has 1 heterocycles. The quantitative estimate of drug-likeness (QED) is 0.799. The summed E-state index contributed by atoms with van der Waals surface area (Å²) in [6, 6.07) is 16.1. The molecule has 3 rings (SSSR count). The third-order valence-corrected chi connectivity index (χ3v) is 5.20. The zero-order valence-electron chi connectivity index (χ0n) is 14.0. The summed E-state index contributed by atoms with van der Waals surface area (Å²) >= 11 is 1.72. The van der Waals surface area contributed by atoms with Gasteiger partial charge in [-0.3, -0.25) is 4.79 Å². The van der Waals surface area contributed by atoms with E-state index in [9.17, 15) is 4.79 Å². The van der Waals surface area contributed by atoms with Crippen LogP contribution in [0.2, 0.25) is 0 Å². The lowest BCUT2D eigenvalue weighted by atomic mass is 10.0. The molecule has 3 nitrogen and oxygen atoms in total. The summed E-state index contributed by atoms with van der Waals surface area (Å²) in [6.45, 7) is 2.39. The Balaban J connectivity index is 1.67. The van der Waals surface area contributed by atoms with E-state index < -0.39 is 0 Å². The fourth-order valence-electron chi connectivity index (χ4n) is 3.01. The molecule has 1 aliphatic rings. The summed E-state index contributed by atoms with van der Waals surface area (Å²) in [5, 5.41) is 3.03. The first-order chi connectivity index (χ1) is 11.8. The Kier molecular flexibility index (Phi) is 5.94. The van der Waals surface area contributed by atoms with E-state index in [2.05, 4.69) is 29.8 Å². The minimum Gasteiger partial charge on any atom is -0.381 e. The van der Waals surface area contributed by atoms with Crippen LogP contribution in [0.15, 0.2) is 53.4 Å². The molecule has 2 aromatic rings. The van der Waals surface area contributed by atoms with E-state index in [4.69, 9.17) is 4.74 Å². The lowest BCUT2D eigenvalue weighted by molar-refractivity contribution is 0.0950. The maximum atomic E-state index is 12.4. The van der Waals surface area contributed by atoms with Crippen molar-refractivity contribution in [1.82, 2.24) is 5.32 Å². The van der Waals surface area contributed by atoms with Crippen molar-refractivity contribution >= 4 is 17.7 Å². The Labute approximate surface area is 147 Å². The Morgan fingerprint density at radius 2 is 2.12 bits per heavy atom. The molecule has 1 aliphatic heterocycles.